The third-order valence-electron chi connectivity index (χ3n) is 4.06. The molecule has 2 heterocycles. The molecule has 3 rings (SSSR count). The molecule has 0 bridgehead atoms. The number of nitrogens with one attached hydrogen (secondary N) is 2. The normalized spacial score (nSPS) is 14.2. The zero-order chi connectivity index (χ0) is 16.9. The maximum absolute atomic E-state index is 12.2. The lowest BCUT2D eigenvalue weighted by Crippen LogP contribution is -2.40. The maximum atomic E-state index is 12.2. The van der Waals surface area contributed by atoms with Gasteiger partial charge < -0.3 is 0 Å². The van der Waals surface area contributed by atoms with Gasteiger partial charge in [0, 0.05) is 15.8 Å². The number of carbonyl (C=O) groups is 2. The first-order valence-electron chi connectivity index (χ1n) is 8.07. The van der Waals surface area contributed by atoms with Crippen molar-refractivity contribution in [3.63, 3.8) is 0 Å². The molecule has 0 unspecified atom stereocenters. The van der Waals surface area contributed by atoms with E-state index in [9.17, 15) is 9.59 Å². The summed E-state index contributed by atoms with van der Waals surface area (Å²) < 4.78 is 0. The van der Waals surface area contributed by atoms with Crippen LogP contribution in [0.4, 0.5) is 0 Å². The maximum Gasteiger partial charge on any atom is 0.279 e. The molecule has 126 valence electrons. The van der Waals surface area contributed by atoms with E-state index in [1.54, 1.807) is 28.7 Å². The molecule has 4 nitrogen and oxygen atoms in total. The molecule has 0 spiro atoms. The number of carbonyl (C=O) groups excluding carboxylic acids is 2. The van der Waals surface area contributed by atoms with E-state index in [1.807, 2.05) is 24.4 Å². The molecule has 2 aromatic heterocycles. The van der Waals surface area contributed by atoms with Crippen LogP contribution in [0.2, 0.25) is 0 Å². The van der Waals surface area contributed by atoms with Crippen molar-refractivity contribution >= 4 is 40.6 Å². The fourth-order valence-corrected chi connectivity index (χ4v) is 4.68. The molecule has 1 aliphatic rings. The first kappa shape index (κ1) is 16.9. The number of fused-ring (bicyclic) bond motifs is 1. The minimum absolute atomic E-state index is 0.248. The summed E-state index contributed by atoms with van der Waals surface area (Å²) in [5.74, 6) is -0.587. The van der Waals surface area contributed by atoms with Crippen LogP contribution in [0.15, 0.2) is 23.6 Å². The van der Waals surface area contributed by atoms with E-state index in [0.29, 0.717) is 4.88 Å². The van der Waals surface area contributed by atoms with Crippen molar-refractivity contribution in [2.75, 3.05) is 0 Å². The molecule has 2 amide bonds. The molecule has 0 saturated heterocycles. The number of aryl methyl sites for hydroxylation is 3. The second kappa shape index (κ2) is 7.77. The lowest BCUT2D eigenvalue weighted by atomic mass is 10.1. The fourth-order valence-electron chi connectivity index (χ4n) is 2.71. The van der Waals surface area contributed by atoms with Gasteiger partial charge in [-0.3, -0.25) is 20.4 Å². The number of rotatable bonds is 3. The highest BCUT2D eigenvalue weighted by atomic mass is 32.1. The highest BCUT2D eigenvalue weighted by Crippen LogP contribution is 2.28. The Morgan fingerprint density at radius 1 is 1.17 bits per heavy atom. The standard InChI is InChI=1S/C18H20N2O2S2/c1-12-9-10-23-14(12)7-8-17(21)19-20-18(22)16-11-13-5-3-2-4-6-15(13)24-16/h7-11H,2-6H2,1H3,(H,19,21)(H,20,22)/b8-7+. The number of hydrazine groups is 1. The molecular formula is C18H20N2O2S2. The van der Waals surface area contributed by atoms with E-state index in [1.165, 1.54) is 35.8 Å². The predicted octanol–water partition coefficient (Wildman–Crippen LogP) is 3.86. The van der Waals surface area contributed by atoms with Crippen molar-refractivity contribution in [1.29, 1.82) is 0 Å². The Kier molecular flexibility index (Phi) is 5.48. The molecule has 2 N–H and O–H groups in total. The summed E-state index contributed by atoms with van der Waals surface area (Å²) in [5, 5.41) is 1.98. The first-order valence-corrected chi connectivity index (χ1v) is 9.77. The van der Waals surface area contributed by atoms with Gasteiger partial charge in [-0.05, 0) is 67.3 Å². The third kappa shape index (κ3) is 4.13. The van der Waals surface area contributed by atoms with Crippen LogP contribution in [0.5, 0.6) is 0 Å². The predicted molar refractivity (Wildman–Crippen MR) is 99.3 cm³/mol. The van der Waals surface area contributed by atoms with E-state index < -0.39 is 0 Å². The number of thiophene rings is 2. The Balaban J connectivity index is 1.54. The Bertz CT molecular complexity index is 750. The Labute approximate surface area is 149 Å². The lowest BCUT2D eigenvalue weighted by Gasteiger charge is -2.03. The van der Waals surface area contributed by atoms with E-state index >= 15 is 0 Å². The number of hydrogen-bond donors (Lipinski definition) is 2. The molecule has 1 aliphatic carbocycles. The summed E-state index contributed by atoms with van der Waals surface area (Å²) in [6.45, 7) is 2.00. The molecule has 0 fully saturated rings. The van der Waals surface area contributed by atoms with Crippen molar-refractivity contribution in [3.8, 4) is 0 Å². The quantitative estimate of drug-likeness (QED) is 0.496. The largest absolute Gasteiger partial charge is 0.279 e. The lowest BCUT2D eigenvalue weighted by molar-refractivity contribution is -0.117. The van der Waals surface area contributed by atoms with Crippen LogP contribution >= 0.6 is 22.7 Å². The van der Waals surface area contributed by atoms with Crippen LogP contribution in [0.25, 0.3) is 6.08 Å². The van der Waals surface area contributed by atoms with Gasteiger partial charge >= 0.3 is 0 Å². The average Bonchev–Trinajstić information content (AvgIpc) is 3.11. The smallest absolute Gasteiger partial charge is 0.268 e. The van der Waals surface area contributed by atoms with E-state index in [0.717, 1.165) is 23.3 Å². The van der Waals surface area contributed by atoms with Crippen molar-refractivity contribution < 1.29 is 9.59 Å². The molecule has 0 atom stereocenters. The summed E-state index contributed by atoms with van der Waals surface area (Å²) in [7, 11) is 0. The molecule has 0 aromatic carbocycles. The Morgan fingerprint density at radius 3 is 2.79 bits per heavy atom. The van der Waals surface area contributed by atoms with Gasteiger partial charge in [-0.25, -0.2) is 0 Å². The van der Waals surface area contributed by atoms with Gasteiger partial charge in [0.2, 0.25) is 0 Å². The van der Waals surface area contributed by atoms with E-state index in [4.69, 9.17) is 0 Å². The average molecular weight is 361 g/mol. The highest BCUT2D eigenvalue weighted by Gasteiger charge is 2.16. The van der Waals surface area contributed by atoms with Gasteiger partial charge in [0.25, 0.3) is 11.8 Å². The van der Waals surface area contributed by atoms with Crippen LogP contribution in [-0.2, 0) is 17.6 Å². The molecule has 0 radical (unpaired) electrons. The summed E-state index contributed by atoms with van der Waals surface area (Å²) >= 11 is 3.12. The number of hydrogen-bond acceptors (Lipinski definition) is 4. The minimum atomic E-state index is -0.339. The van der Waals surface area contributed by atoms with E-state index in [-0.39, 0.29) is 11.8 Å². The molecule has 0 saturated carbocycles. The second-order valence-corrected chi connectivity index (χ2v) is 7.95. The van der Waals surface area contributed by atoms with Crippen molar-refractivity contribution in [2.45, 2.75) is 39.0 Å². The molecule has 0 aliphatic heterocycles. The van der Waals surface area contributed by atoms with Gasteiger partial charge in [-0.1, -0.05) is 6.42 Å². The second-order valence-electron chi connectivity index (χ2n) is 5.86. The van der Waals surface area contributed by atoms with Crippen molar-refractivity contribution in [3.05, 3.63) is 49.3 Å². The first-order chi connectivity index (χ1) is 11.6. The van der Waals surface area contributed by atoms with Crippen LogP contribution < -0.4 is 10.9 Å². The Morgan fingerprint density at radius 2 is 2.00 bits per heavy atom. The summed E-state index contributed by atoms with van der Waals surface area (Å²) in [6, 6.07) is 3.97. The molecular weight excluding hydrogens is 340 g/mol. The summed E-state index contributed by atoms with van der Waals surface area (Å²) in [4.78, 5) is 27.0. The van der Waals surface area contributed by atoms with Crippen LogP contribution in [-0.4, -0.2) is 11.8 Å². The van der Waals surface area contributed by atoms with Crippen LogP contribution in [0, 0.1) is 6.92 Å². The molecule has 6 heteroatoms. The van der Waals surface area contributed by atoms with Gasteiger partial charge in [-0.2, -0.15) is 0 Å². The van der Waals surface area contributed by atoms with Gasteiger partial charge in [0.1, 0.15) is 0 Å². The molecule has 24 heavy (non-hydrogen) atoms. The van der Waals surface area contributed by atoms with Crippen molar-refractivity contribution in [2.24, 2.45) is 0 Å². The molecule has 2 aromatic rings. The zero-order valence-electron chi connectivity index (χ0n) is 13.6. The highest BCUT2D eigenvalue weighted by molar-refractivity contribution is 7.14. The van der Waals surface area contributed by atoms with Crippen molar-refractivity contribution in [1.82, 2.24) is 10.9 Å². The monoisotopic (exact) mass is 360 g/mol. The Hall–Kier alpha value is -1.92. The van der Waals surface area contributed by atoms with Gasteiger partial charge in [0.15, 0.2) is 0 Å². The number of amides is 2. The summed E-state index contributed by atoms with van der Waals surface area (Å²) in [5.41, 5.74) is 7.36. The topological polar surface area (TPSA) is 58.2 Å². The zero-order valence-corrected chi connectivity index (χ0v) is 15.2. The van der Waals surface area contributed by atoms with Crippen LogP contribution in [0.1, 0.15) is 49.8 Å². The minimum Gasteiger partial charge on any atom is -0.268 e. The SMILES string of the molecule is Cc1ccsc1/C=C/C(=O)NNC(=O)c1cc2c(s1)CCCCC2. The van der Waals surface area contributed by atoms with Crippen LogP contribution in [0.3, 0.4) is 0 Å². The summed E-state index contributed by atoms with van der Waals surface area (Å²) in [6.07, 6.45) is 8.94. The van der Waals surface area contributed by atoms with Gasteiger partial charge in [-0.15, -0.1) is 22.7 Å². The van der Waals surface area contributed by atoms with Gasteiger partial charge in [0.05, 0.1) is 4.88 Å². The van der Waals surface area contributed by atoms with E-state index in [2.05, 4.69) is 10.9 Å². The third-order valence-corrected chi connectivity index (χ3v) is 6.28. The fraction of sp³-hybridized carbons (Fsp3) is 0.333.